The van der Waals surface area contributed by atoms with E-state index in [9.17, 15) is 9.59 Å². The Morgan fingerprint density at radius 3 is 2.85 bits per heavy atom. The quantitative estimate of drug-likeness (QED) is 0.460. The number of hydrogen-bond acceptors (Lipinski definition) is 3. The minimum Gasteiger partial charge on any atom is -0.480 e. The molecule has 1 heterocycles. The van der Waals surface area contributed by atoms with E-state index in [4.69, 9.17) is 5.11 Å². The number of carbonyl (C=O) groups excluding carboxylic acids is 1. The van der Waals surface area contributed by atoms with E-state index in [0.717, 1.165) is 19.4 Å². The van der Waals surface area contributed by atoms with Gasteiger partial charge in [-0.3, -0.25) is 10.1 Å². The molecule has 0 aromatic carbocycles. The molecule has 74 valence electrons. The van der Waals surface area contributed by atoms with Crippen LogP contribution in [0, 0.1) is 0 Å². The first-order valence-corrected chi connectivity index (χ1v) is 4.18. The van der Waals surface area contributed by atoms with Gasteiger partial charge in [0, 0.05) is 0 Å². The summed E-state index contributed by atoms with van der Waals surface area (Å²) in [5, 5.41) is 16.1. The second-order valence-electron chi connectivity index (χ2n) is 2.87. The van der Waals surface area contributed by atoms with E-state index in [-0.39, 0.29) is 12.7 Å². The van der Waals surface area contributed by atoms with E-state index >= 15 is 0 Å². The molecule has 0 aliphatic carbocycles. The first-order chi connectivity index (χ1) is 6.18. The van der Waals surface area contributed by atoms with Crippen LogP contribution < -0.4 is 16.0 Å². The van der Waals surface area contributed by atoms with Crippen LogP contribution in [0.25, 0.3) is 0 Å². The number of carbonyl (C=O) groups is 2. The average Bonchev–Trinajstić information content (AvgIpc) is 2.53. The summed E-state index contributed by atoms with van der Waals surface area (Å²) in [7, 11) is 0. The minimum atomic E-state index is -1.05. The second kappa shape index (κ2) is 4.66. The lowest BCUT2D eigenvalue weighted by Crippen LogP contribution is -2.47. The van der Waals surface area contributed by atoms with Gasteiger partial charge >= 0.3 is 12.0 Å². The summed E-state index contributed by atoms with van der Waals surface area (Å²) < 4.78 is 0. The molecule has 0 spiro atoms. The zero-order valence-corrected chi connectivity index (χ0v) is 7.17. The van der Waals surface area contributed by atoms with E-state index < -0.39 is 12.0 Å². The number of carboxylic acids is 1. The van der Waals surface area contributed by atoms with Crippen molar-refractivity contribution in [3.63, 3.8) is 0 Å². The highest BCUT2D eigenvalue weighted by Crippen LogP contribution is 2.00. The van der Waals surface area contributed by atoms with Crippen LogP contribution in [0.4, 0.5) is 4.79 Å². The largest absolute Gasteiger partial charge is 0.480 e. The van der Waals surface area contributed by atoms with Gasteiger partial charge in [-0.05, 0) is 19.4 Å². The van der Waals surface area contributed by atoms with Crippen molar-refractivity contribution >= 4 is 12.0 Å². The van der Waals surface area contributed by atoms with Crippen molar-refractivity contribution in [2.75, 3.05) is 13.1 Å². The number of hydrogen-bond donors (Lipinski definition) is 4. The zero-order chi connectivity index (χ0) is 9.68. The van der Waals surface area contributed by atoms with Crippen LogP contribution in [0.2, 0.25) is 0 Å². The maximum absolute atomic E-state index is 11.0. The van der Waals surface area contributed by atoms with Crippen LogP contribution in [0.5, 0.6) is 0 Å². The molecule has 1 saturated heterocycles. The van der Waals surface area contributed by atoms with Crippen molar-refractivity contribution in [2.45, 2.75) is 19.0 Å². The van der Waals surface area contributed by atoms with Crippen molar-refractivity contribution in [3.8, 4) is 0 Å². The van der Waals surface area contributed by atoms with Crippen molar-refractivity contribution in [1.82, 2.24) is 16.0 Å². The molecule has 0 saturated carbocycles. The van der Waals surface area contributed by atoms with Gasteiger partial charge < -0.3 is 15.7 Å². The van der Waals surface area contributed by atoms with Crippen molar-refractivity contribution in [3.05, 3.63) is 0 Å². The molecule has 0 aromatic heterocycles. The highest BCUT2D eigenvalue weighted by Gasteiger charge is 2.15. The molecule has 1 atom stereocenters. The fraction of sp³-hybridized carbons (Fsp3) is 0.714. The SMILES string of the molecule is O=C(O)CNC(=O)NC1CCCN1. The topological polar surface area (TPSA) is 90.5 Å². The van der Waals surface area contributed by atoms with Gasteiger partial charge in [0.15, 0.2) is 0 Å². The number of rotatable bonds is 3. The Hall–Kier alpha value is -1.30. The first kappa shape index (κ1) is 9.79. The van der Waals surface area contributed by atoms with Crippen LogP contribution in [-0.2, 0) is 4.79 Å². The van der Waals surface area contributed by atoms with Gasteiger partial charge in [0.05, 0.1) is 6.17 Å². The highest BCUT2D eigenvalue weighted by atomic mass is 16.4. The molecular weight excluding hydrogens is 174 g/mol. The third-order valence-electron chi connectivity index (χ3n) is 1.77. The van der Waals surface area contributed by atoms with Gasteiger partial charge in [0.1, 0.15) is 6.54 Å². The van der Waals surface area contributed by atoms with E-state index in [1.807, 2.05) is 0 Å². The molecule has 6 nitrogen and oxygen atoms in total. The zero-order valence-electron chi connectivity index (χ0n) is 7.17. The number of amides is 2. The molecule has 0 radical (unpaired) electrons. The Morgan fingerprint density at radius 2 is 2.31 bits per heavy atom. The van der Waals surface area contributed by atoms with Gasteiger partial charge in [0.2, 0.25) is 0 Å². The predicted molar refractivity (Wildman–Crippen MR) is 45.2 cm³/mol. The first-order valence-electron chi connectivity index (χ1n) is 4.18. The van der Waals surface area contributed by atoms with Crippen molar-refractivity contribution in [1.29, 1.82) is 0 Å². The molecule has 2 amide bonds. The van der Waals surface area contributed by atoms with Gasteiger partial charge in [-0.1, -0.05) is 0 Å². The Kier molecular flexibility index (Phi) is 3.51. The summed E-state index contributed by atoms with van der Waals surface area (Å²) in [5.74, 6) is -1.05. The third-order valence-corrected chi connectivity index (χ3v) is 1.77. The summed E-state index contributed by atoms with van der Waals surface area (Å²) in [6.07, 6.45) is 1.90. The molecule has 1 rings (SSSR count). The van der Waals surface area contributed by atoms with Crippen molar-refractivity contribution in [2.24, 2.45) is 0 Å². The summed E-state index contributed by atoms with van der Waals surface area (Å²) in [6, 6.07) is -0.443. The average molecular weight is 187 g/mol. The fourth-order valence-electron chi connectivity index (χ4n) is 1.17. The van der Waals surface area contributed by atoms with Crippen LogP contribution in [-0.4, -0.2) is 36.4 Å². The molecule has 0 aromatic rings. The maximum Gasteiger partial charge on any atom is 0.323 e. The maximum atomic E-state index is 11.0. The van der Waals surface area contributed by atoms with E-state index in [2.05, 4.69) is 16.0 Å². The monoisotopic (exact) mass is 187 g/mol. The van der Waals surface area contributed by atoms with Crippen LogP contribution in [0.1, 0.15) is 12.8 Å². The summed E-state index contributed by atoms with van der Waals surface area (Å²) in [6.45, 7) is 0.544. The molecule has 6 heteroatoms. The van der Waals surface area contributed by atoms with Gasteiger partial charge in [-0.25, -0.2) is 4.79 Å². The Bertz CT molecular complexity index is 201. The van der Waals surface area contributed by atoms with Gasteiger partial charge in [-0.15, -0.1) is 0 Å². The molecular formula is C7H13N3O3. The van der Waals surface area contributed by atoms with Crippen LogP contribution >= 0.6 is 0 Å². The fourth-order valence-corrected chi connectivity index (χ4v) is 1.17. The summed E-state index contributed by atoms with van der Waals surface area (Å²) >= 11 is 0. The standard InChI is InChI=1S/C7H13N3O3/c11-6(12)4-9-7(13)10-5-2-1-3-8-5/h5,8H,1-4H2,(H,11,12)(H2,9,10,13). The van der Waals surface area contributed by atoms with E-state index in [1.165, 1.54) is 0 Å². The smallest absolute Gasteiger partial charge is 0.323 e. The molecule has 1 aliphatic rings. The van der Waals surface area contributed by atoms with Gasteiger partial charge in [-0.2, -0.15) is 0 Å². The van der Waals surface area contributed by atoms with E-state index in [0.29, 0.717) is 0 Å². The van der Waals surface area contributed by atoms with Crippen LogP contribution in [0.3, 0.4) is 0 Å². The molecule has 1 aliphatic heterocycles. The number of urea groups is 1. The molecule has 4 N–H and O–H groups in total. The van der Waals surface area contributed by atoms with Crippen molar-refractivity contribution < 1.29 is 14.7 Å². The Balaban J connectivity index is 2.13. The Labute approximate surface area is 75.7 Å². The third kappa shape index (κ3) is 3.75. The molecule has 0 bridgehead atoms. The molecule has 1 unspecified atom stereocenters. The Morgan fingerprint density at radius 1 is 1.54 bits per heavy atom. The minimum absolute atomic E-state index is 0.0196. The summed E-state index contributed by atoms with van der Waals surface area (Å²) in [4.78, 5) is 21.1. The summed E-state index contributed by atoms with van der Waals surface area (Å²) in [5.41, 5.74) is 0. The second-order valence-corrected chi connectivity index (χ2v) is 2.87. The lowest BCUT2D eigenvalue weighted by molar-refractivity contribution is -0.135. The number of carboxylic acid groups (broad SMARTS) is 1. The number of nitrogens with one attached hydrogen (secondary N) is 3. The number of aliphatic carboxylic acids is 1. The van der Waals surface area contributed by atoms with Gasteiger partial charge in [0.25, 0.3) is 0 Å². The van der Waals surface area contributed by atoms with E-state index in [1.54, 1.807) is 0 Å². The molecule has 1 fully saturated rings. The lowest BCUT2D eigenvalue weighted by atomic mass is 10.3. The lowest BCUT2D eigenvalue weighted by Gasteiger charge is -2.12. The highest BCUT2D eigenvalue weighted by molar-refractivity contribution is 5.79. The normalized spacial score (nSPS) is 21.1. The van der Waals surface area contributed by atoms with Crippen LogP contribution in [0.15, 0.2) is 0 Å². The predicted octanol–water partition coefficient (Wildman–Crippen LogP) is -0.920. The molecule has 13 heavy (non-hydrogen) atoms.